The maximum absolute atomic E-state index is 13.3. The third-order valence-corrected chi connectivity index (χ3v) is 8.07. The van der Waals surface area contributed by atoms with Gasteiger partial charge in [0.1, 0.15) is 0 Å². The molecule has 1 aliphatic rings. The lowest BCUT2D eigenvalue weighted by Crippen LogP contribution is -2.45. The molecule has 10 nitrogen and oxygen atoms in total. The van der Waals surface area contributed by atoms with Gasteiger partial charge in [-0.3, -0.25) is 4.79 Å². The van der Waals surface area contributed by atoms with Crippen molar-refractivity contribution in [1.29, 1.82) is 0 Å². The Morgan fingerprint density at radius 1 is 1.02 bits per heavy atom. The average molecular weight is 576 g/mol. The van der Waals surface area contributed by atoms with Crippen molar-refractivity contribution in [3.8, 4) is 22.8 Å². The predicted octanol–water partition coefficient (Wildman–Crippen LogP) is 4.36. The molecule has 210 valence electrons. The van der Waals surface area contributed by atoms with Crippen molar-refractivity contribution in [1.82, 2.24) is 15.4 Å². The van der Waals surface area contributed by atoms with Gasteiger partial charge in [0.25, 0.3) is 0 Å². The number of aromatic nitrogens is 3. The normalized spacial score (nSPS) is 17.5. The monoisotopic (exact) mass is 575 g/mol. The second kappa shape index (κ2) is 9.55. The second-order valence-electron chi connectivity index (χ2n) is 10.4. The van der Waals surface area contributed by atoms with Crippen LogP contribution in [0.25, 0.3) is 22.8 Å². The highest BCUT2D eigenvalue weighted by Crippen LogP contribution is 2.36. The number of amides is 1. The summed E-state index contributed by atoms with van der Waals surface area (Å²) in [5.41, 5.74) is 5.82. The molecule has 0 saturated heterocycles. The summed E-state index contributed by atoms with van der Waals surface area (Å²) in [6.07, 6.45) is -4.64. The number of anilines is 1. The maximum Gasteiger partial charge on any atom is 0.436 e. The van der Waals surface area contributed by atoms with Crippen LogP contribution in [0.5, 0.6) is 0 Å². The number of benzene rings is 2. The smallest absolute Gasteiger partial charge is 0.420 e. The highest BCUT2D eigenvalue weighted by Gasteiger charge is 2.37. The molecule has 0 radical (unpaired) electrons. The number of hydrogen-bond acceptors (Lipinski definition) is 9. The largest absolute Gasteiger partial charge is 0.436 e. The van der Waals surface area contributed by atoms with Crippen LogP contribution in [0.15, 0.2) is 62.4 Å². The maximum atomic E-state index is 13.3. The molecule has 0 fully saturated rings. The molecule has 0 aliphatic carbocycles. The van der Waals surface area contributed by atoms with Crippen molar-refractivity contribution >= 4 is 21.4 Å². The molecule has 2 aromatic heterocycles. The molecule has 40 heavy (non-hydrogen) atoms. The Morgan fingerprint density at radius 2 is 1.70 bits per heavy atom. The quantitative estimate of drug-likeness (QED) is 0.375. The number of halogens is 3. The van der Waals surface area contributed by atoms with Gasteiger partial charge in [0.05, 0.1) is 28.9 Å². The SMILES string of the molecule is CC(C)(C)c1nnc(-c2ccc3c(c2)N(Cc2ccc(-c4cc(C(F)(F)F)no4)cc2)C(=O)[C@@H](N)CS3(=O)=O)o1. The Labute approximate surface area is 226 Å². The third-order valence-electron chi connectivity index (χ3n) is 6.26. The summed E-state index contributed by atoms with van der Waals surface area (Å²) in [7, 11) is -3.92. The molecular weight excluding hydrogens is 551 g/mol. The Morgan fingerprint density at radius 3 is 2.30 bits per heavy atom. The van der Waals surface area contributed by atoms with Gasteiger partial charge < -0.3 is 19.6 Å². The van der Waals surface area contributed by atoms with Crippen molar-refractivity contribution in [2.45, 2.75) is 49.8 Å². The van der Waals surface area contributed by atoms with E-state index in [0.717, 1.165) is 6.07 Å². The van der Waals surface area contributed by atoms with Crippen molar-refractivity contribution in [2.75, 3.05) is 10.7 Å². The molecule has 1 aliphatic heterocycles. The molecule has 0 bridgehead atoms. The number of alkyl halides is 3. The van der Waals surface area contributed by atoms with Crippen LogP contribution in [0.2, 0.25) is 0 Å². The first-order valence-corrected chi connectivity index (χ1v) is 13.7. The van der Waals surface area contributed by atoms with Crippen molar-refractivity contribution in [2.24, 2.45) is 5.73 Å². The standard InChI is InChI=1S/C26H24F3N5O5S/c1-25(2,3)24-32-31-22(38-24)16-8-9-20-18(10-16)34(23(35)17(30)13-40(20,36)37)12-14-4-6-15(7-5-14)19-11-21(33-39-19)26(27,28)29/h4-11,17H,12-13,30H2,1-3H3/t17-/m0/s1. The first kappa shape index (κ1) is 27.5. The number of sulfone groups is 1. The van der Waals surface area contributed by atoms with E-state index in [1.165, 1.54) is 35.2 Å². The lowest BCUT2D eigenvalue weighted by Gasteiger charge is -2.24. The molecule has 4 aromatic rings. The van der Waals surface area contributed by atoms with E-state index in [2.05, 4.69) is 15.4 Å². The van der Waals surface area contributed by atoms with Crippen LogP contribution in [0.4, 0.5) is 18.9 Å². The number of nitrogens with zero attached hydrogens (tertiary/aromatic N) is 4. The minimum absolute atomic E-state index is 0.0694. The molecule has 0 spiro atoms. The number of hydrogen-bond donors (Lipinski definition) is 1. The van der Waals surface area contributed by atoms with Crippen LogP contribution in [0.3, 0.4) is 0 Å². The molecule has 0 unspecified atom stereocenters. The molecule has 5 rings (SSSR count). The first-order valence-electron chi connectivity index (χ1n) is 12.0. The number of carbonyl (C=O) groups excluding carboxylic acids is 1. The molecule has 3 heterocycles. The Balaban J connectivity index is 1.51. The molecule has 14 heteroatoms. The fourth-order valence-corrected chi connectivity index (χ4v) is 5.71. The van der Waals surface area contributed by atoms with Gasteiger partial charge in [0, 0.05) is 22.6 Å². The van der Waals surface area contributed by atoms with E-state index in [9.17, 15) is 26.4 Å². The van der Waals surface area contributed by atoms with Crippen LogP contribution in [-0.4, -0.2) is 41.5 Å². The van der Waals surface area contributed by atoms with Crippen LogP contribution in [0, 0.1) is 0 Å². The van der Waals surface area contributed by atoms with Crippen LogP contribution >= 0.6 is 0 Å². The summed E-state index contributed by atoms with van der Waals surface area (Å²) in [4.78, 5) is 14.5. The van der Waals surface area contributed by atoms with Gasteiger partial charge in [0.15, 0.2) is 21.3 Å². The predicted molar refractivity (Wildman–Crippen MR) is 137 cm³/mol. The van der Waals surface area contributed by atoms with E-state index in [1.807, 2.05) is 20.8 Å². The van der Waals surface area contributed by atoms with Gasteiger partial charge >= 0.3 is 6.18 Å². The second-order valence-corrected chi connectivity index (χ2v) is 12.4. The van der Waals surface area contributed by atoms with Gasteiger partial charge in [-0.2, -0.15) is 13.2 Å². The van der Waals surface area contributed by atoms with E-state index < -0.39 is 44.8 Å². The Bertz CT molecular complexity index is 1690. The summed E-state index contributed by atoms with van der Waals surface area (Å²) in [6.45, 7) is 5.63. The number of fused-ring (bicyclic) bond motifs is 1. The van der Waals surface area contributed by atoms with E-state index in [-0.39, 0.29) is 28.8 Å². The molecule has 1 amide bonds. The number of carbonyl (C=O) groups is 1. The lowest BCUT2D eigenvalue weighted by molar-refractivity contribution is -0.142. The van der Waals surface area contributed by atoms with Gasteiger partial charge in [-0.15, -0.1) is 10.2 Å². The third kappa shape index (κ3) is 5.23. The number of rotatable bonds is 4. The minimum Gasteiger partial charge on any atom is -0.420 e. The summed E-state index contributed by atoms with van der Waals surface area (Å²) in [5, 5.41) is 11.2. The fraction of sp³-hybridized carbons (Fsp3) is 0.308. The molecule has 0 saturated carbocycles. The topological polar surface area (TPSA) is 145 Å². The molecular formula is C26H24F3N5O5S. The van der Waals surface area contributed by atoms with Crippen molar-refractivity contribution < 1.29 is 35.3 Å². The zero-order valence-corrected chi connectivity index (χ0v) is 22.4. The minimum atomic E-state index is -4.64. The summed E-state index contributed by atoms with van der Waals surface area (Å²) >= 11 is 0. The Hall–Kier alpha value is -4.04. The summed E-state index contributed by atoms with van der Waals surface area (Å²) < 4.78 is 75.5. The van der Waals surface area contributed by atoms with Crippen LogP contribution in [-0.2, 0) is 32.8 Å². The zero-order valence-electron chi connectivity index (χ0n) is 21.6. The summed E-state index contributed by atoms with van der Waals surface area (Å²) in [6, 6.07) is 10.1. The average Bonchev–Trinajstić information content (AvgIpc) is 3.56. The van der Waals surface area contributed by atoms with Crippen LogP contribution in [0.1, 0.15) is 37.9 Å². The van der Waals surface area contributed by atoms with Crippen molar-refractivity contribution in [3.63, 3.8) is 0 Å². The van der Waals surface area contributed by atoms with Gasteiger partial charge in [-0.05, 0) is 23.8 Å². The highest BCUT2D eigenvalue weighted by molar-refractivity contribution is 7.91. The van der Waals surface area contributed by atoms with E-state index in [4.69, 9.17) is 14.7 Å². The van der Waals surface area contributed by atoms with Gasteiger partial charge in [-0.25, -0.2) is 8.42 Å². The molecule has 1 atom stereocenters. The molecule has 2 N–H and O–H groups in total. The van der Waals surface area contributed by atoms with Gasteiger partial charge in [0.2, 0.25) is 17.7 Å². The Kier molecular flexibility index (Phi) is 6.57. The number of nitrogens with two attached hydrogens (primary N) is 1. The highest BCUT2D eigenvalue weighted by atomic mass is 32.2. The molecule has 2 aromatic carbocycles. The van der Waals surface area contributed by atoms with E-state index in [1.54, 1.807) is 12.1 Å². The van der Waals surface area contributed by atoms with Crippen LogP contribution < -0.4 is 10.6 Å². The summed E-state index contributed by atoms with van der Waals surface area (Å²) in [5.74, 6) is -0.735. The van der Waals surface area contributed by atoms with Gasteiger partial charge in [-0.1, -0.05) is 50.2 Å². The van der Waals surface area contributed by atoms with E-state index >= 15 is 0 Å². The lowest BCUT2D eigenvalue weighted by atomic mass is 9.97. The first-order chi connectivity index (χ1) is 18.6. The van der Waals surface area contributed by atoms with E-state index in [0.29, 0.717) is 22.6 Å². The zero-order chi connectivity index (χ0) is 29.0. The van der Waals surface area contributed by atoms with Crippen molar-refractivity contribution in [3.05, 3.63) is 65.7 Å². The fourth-order valence-electron chi connectivity index (χ4n) is 4.15.